The van der Waals surface area contributed by atoms with Gasteiger partial charge in [0.05, 0.1) is 0 Å². The number of rotatable bonds is 10. The number of amides is 3. The van der Waals surface area contributed by atoms with Crippen molar-refractivity contribution in [3.8, 4) is 0 Å². The molecule has 0 fully saturated rings. The van der Waals surface area contributed by atoms with Crippen LogP contribution in [0.25, 0.3) is 0 Å². The molecule has 0 heterocycles. The minimum atomic E-state index is -0.932. The number of nitrogens with two attached hydrogens (primary N) is 1. The van der Waals surface area contributed by atoms with Crippen LogP contribution in [0.2, 0.25) is 0 Å². The van der Waals surface area contributed by atoms with E-state index < -0.39 is 30.0 Å². The summed E-state index contributed by atoms with van der Waals surface area (Å²) >= 11 is 3.37. The highest BCUT2D eigenvalue weighted by Crippen LogP contribution is 2.13. The second-order valence-electron chi connectivity index (χ2n) is 7.68. The van der Waals surface area contributed by atoms with Gasteiger partial charge in [-0.3, -0.25) is 9.59 Å². The lowest BCUT2D eigenvalue weighted by Crippen LogP contribution is -2.54. The lowest BCUT2D eigenvalue weighted by atomic mass is 10.0. The number of carbonyl (C=O) groups is 3. The Bertz CT molecular complexity index is 872. The zero-order valence-electron chi connectivity index (χ0n) is 17.6. The van der Waals surface area contributed by atoms with Gasteiger partial charge in [0, 0.05) is 10.9 Å². The van der Waals surface area contributed by atoms with Crippen molar-refractivity contribution in [3.63, 3.8) is 0 Å². The molecule has 8 heteroatoms. The van der Waals surface area contributed by atoms with E-state index in [1.54, 1.807) is 0 Å². The van der Waals surface area contributed by atoms with E-state index in [1.165, 1.54) is 0 Å². The first-order valence-electron chi connectivity index (χ1n) is 10.1. The summed E-state index contributed by atoms with van der Waals surface area (Å²) in [6, 6.07) is 14.9. The minimum Gasteiger partial charge on any atom is -0.445 e. The SMILES string of the molecule is CC(C)C[C@H](NC(=O)C(Cc1ccc(Br)cc1)NC(=O)OCc1ccccc1)C(N)=O. The normalized spacial score (nSPS) is 12.6. The largest absolute Gasteiger partial charge is 0.445 e. The van der Waals surface area contributed by atoms with E-state index in [9.17, 15) is 14.4 Å². The van der Waals surface area contributed by atoms with Crippen molar-refractivity contribution in [3.05, 3.63) is 70.2 Å². The molecule has 4 N–H and O–H groups in total. The van der Waals surface area contributed by atoms with Gasteiger partial charge in [0.2, 0.25) is 11.8 Å². The van der Waals surface area contributed by atoms with Gasteiger partial charge in [0.15, 0.2) is 0 Å². The number of ether oxygens (including phenoxy) is 1. The summed E-state index contributed by atoms with van der Waals surface area (Å²) in [6.45, 7) is 3.94. The van der Waals surface area contributed by atoms with Crippen LogP contribution in [0.3, 0.4) is 0 Å². The number of hydrogen-bond acceptors (Lipinski definition) is 4. The quantitative estimate of drug-likeness (QED) is 0.475. The van der Waals surface area contributed by atoms with E-state index in [0.717, 1.165) is 15.6 Å². The van der Waals surface area contributed by atoms with Crippen LogP contribution in [0, 0.1) is 5.92 Å². The van der Waals surface area contributed by atoms with Gasteiger partial charge in [-0.2, -0.15) is 0 Å². The molecule has 2 rings (SSSR count). The van der Waals surface area contributed by atoms with Gasteiger partial charge in [-0.1, -0.05) is 72.2 Å². The van der Waals surface area contributed by atoms with Crippen LogP contribution in [0.15, 0.2) is 59.1 Å². The lowest BCUT2D eigenvalue weighted by Gasteiger charge is -2.23. The third kappa shape index (κ3) is 8.80. The molecule has 0 aromatic heterocycles. The Morgan fingerprint density at radius 2 is 1.58 bits per heavy atom. The van der Waals surface area contributed by atoms with Crippen molar-refractivity contribution >= 4 is 33.8 Å². The maximum Gasteiger partial charge on any atom is 0.408 e. The van der Waals surface area contributed by atoms with Crippen molar-refractivity contribution in [1.82, 2.24) is 10.6 Å². The highest BCUT2D eigenvalue weighted by molar-refractivity contribution is 9.10. The van der Waals surface area contributed by atoms with E-state index in [1.807, 2.05) is 68.4 Å². The topological polar surface area (TPSA) is 111 Å². The van der Waals surface area contributed by atoms with Crippen molar-refractivity contribution in [1.29, 1.82) is 0 Å². The molecule has 31 heavy (non-hydrogen) atoms. The van der Waals surface area contributed by atoms with Crippen LogP contribution in [0.4, 0.5) is 4.79 Å². The Kier molecular flexibility index (Phi) is 9.52. The summed E-state index contributed by atoms with van der Waals surface area (Å²) < 4.78 is 6.15. The van der Waals surface area contributed by atoms with E-state index in [4.69, 9.17) is 10.5 Å². The highest BCUT2D eigenvalue weighted by atomic mass is 79.9. The van der Waals surface area contributed by atoms with Gasteiger partial charge in [-0.25, -0.2) is 4.79 Å². The zero-order chi connectivity index (χ0) is 22.8. The van der Waals surface area contributed by atoms with E-state index >= 15 is 0 Å². The second kappa shape index (κ2) is 12.1. The van der Waals surface area contributed by atoms with E-state index in [-0.39, 0.29) is 18.9 Å². The van der Waals surface area contributed by atoms with Crippen molar-refractivity contribution in [2.24, 2.45) is 11.7 Å². The van der Waals surface area contributed by atoms with Crippen LogP contribution in [-0.4, -0.2) is 30.0 Å². The Balaban J connectivity index is 2.08. The molecule has 0 saturated carbocycles. The molecule has 0 aliphatic heterocycles. The third-order valence-corrected chi connectivity index (χ3v) is 5.07. The molecule has 0 spiro atoms. The molecule has 2 aromatic rings. The van der Waals surface area contributed by atoms with Crippen molar-refractivity contribution in [2.75, 3.05) is 0 Å². The fraction of sp³-hybridized carbons (Fsp3) is 0.348. The fourth-order valence-electron chi connectivity index (χ4n) is 2.96. The number of alkyl carbamates (subject to hydrolysis) is 1. The van der Waals surface area contributed by atoms with Crippen LogP contribution >= 0.6 is 15.9 Å². The smallest absolute Gasteiger partial charge is 0.408 e. The molecule has 0 bridgehead atoms. The second-order valence-corrected chi connectivity index (χ2v) is 8.60. The molecule has 2 atom stereocenters. The Hall–Kier alpha value is -2.87. The predicted molar refractivity (Wildman–Crippen MR) is 122 cm³/mol. The minimum absolute atomic E-state index is 0.0799. The molecule has 3 amide bonds. The summed E-state index contributed by atoms with van der Waals surface area (Å²) in [6.07, 6.45) is -0.0855. The Labute approximate surface area is 190 Å². The molecule has 1 unspecified atom stereocenters. The summed E-state index contributed by atoms with van der Waals surface area (Å²) in [5, 5.41) is 5.28. The fourth-order valence-corrected chi connectivity index (χ4v) is 3.23. The van der Waals surface area contributed by atoms with Crippen LogP contribution in [0.5, 0.6) is 0 Å². The standard InChI is InChI=1S/C23H28BrN3O4/c1-15(2)12-19(21(25)28)26-22(29)20(13-16-8-10-18(24)11-9-16)27-23(30)31-14-17-6-4-3-5-7-17/h3-11,15,19-20H,12-14H2,1-2H3,(H2,25,28)(H,26,29)(H,27,30)/t19-,20?/m0/s1. The van der Waals surface area contributed by atoms with Crippen LogP contribution in [0.1, 0.15) is 31.4 Å². The number of nitrogens with one attached hydrogen (secondary N) is 2. The molecule has 7 nitrogen and oxygen atoms in total. The number of halogens is 1. The summed E-state index contributed by atoms with van der Waals surface area (Å²) in [5.74, 6) is -0.952. The molecule has 0 saturated heterocycles. The van der Waals surface area contributed by atoms with Gasteiger partial charge < -0.3 is 21.1 Å². The number of carbonyl (C=O) groups excluding carboxylic acids is 3. The number of benzene rings is 2. The zero-order valence-corrected chi connectivity index (χ0v) is 19.2. The monoisotopic (exact) mass is 489 g/mol. The van der Waals surface area contributed by atoms with Crippen molar-refractivity contribution < 1.29 is 19.1 Å². The van der Waals surface area contributed by atoms with Gasteiger partial charge >= 0.3 is 6.09 Å². The van der Waals surface area contributed by atoms with E-state index in [2.05, 4.69) is 26.6 Å². The molecular weight excluding hydrogens is 462 g/mol. The predicted octanol–water partition coefficient (Wildman–Crippen LogP) is 3.30. The van der Waals surface area contributed by atoms with Gasteiger partial charge in [0.1, 0.15) is 18.7 Å². The Morgan fingerprint density at radius 3 is 2.16 bits per heavy atom. The van der Waals surface area contributed by atoms with Crippen molar-refractivity contribution in [2.45, 2.75) is 45.4 Å². The first-order valence-corrected chi connectivity index (χ1v) is 10.8. The van der Waals surface area contributed by atoms with Crippen LogP contribution < -0.4 is 16.4 Å². The van der Waals surface area contributed by atoms with Gasteiger partial charge in [-0.05, 0) is 35.6 Å². The summed E-state index contributed by atoms with van der Waals surface area (Å²) in [5.41, 5.74) is 7.12. The van der Waals surface area contributed by atoms with Gasteiger partial charge in [0.25, 0.3) is 0 Å². The maximum absolute atomic E-state index is 12.9. The van der Waals surface area contributed by atoms with Gasteiger partial charge in [-0.15, -0.1) is 0 Å². The summed E-state index contributed by atoms with van der Waals surface area (Å²) in [7, 11) is 0. The van der Waals surface area contributed by atoms with Crippen LogP contribution in [-0.2, 0) is 27.4 Å². The molecule has 166 valence electrons. The molecule has 2 aromatic carbocycles. The first-order chi connectivity index (χ1) is 14.7. The van der Waals surface area contributed by atoms with E-state index in [0.29, 0.717) is 6.42 Å². The molecule has 0 radical (unpaired) electrons. The molecular formula is C23H28BrN3O4. The average molecular weight is 490 g/mol. The highest BCUT2D eigenvalue weighted by Gasteiger charge is 2.27. The molecule has 0 aliphatic carbocycles. The first kappa shape index (κ1) is 24.4. The third-order valence-electron chi connectivity index (χ3n) is 4.54. The lowest BCUT2D eigenvalue weighted by molar-refractivity contribution is -0.128. The Morgan fingerprint density at radius 1 is 0.935 bits per heavy atom. The number of hydrogen-bond donors (Lipinski definition) is 3. The summed E-state index contributed by atoms with van der Waals surface area (Å²) in [4.78, 5) is 37.0. The molecule has 0 aliphatic rings. The average Bonchev–Trinajstić information content (AvgIpc) is 2.73. The maximum atomic E-state index is 12.9. The number of primary amides is 1.